The van der Waals surface area contributed by atoms with Crippen molar-refractivity contribution in [3.05, 3.63) is 15.8 Å². The lowest BCUT2D eigenvalue weighted by Gasteiger charge is -2.09. The quantitative estimate of drug-likeness (QED) is 0.748. The second-order valence-corrected chi connectivity index (χ2v) is 4.28. The zero-order chi connectivity index (χ0) is 8.97. The van der Waals surface area contributed by atoms with Crippen molar-refractivity contribution >= 4 is 22.9 Å². The Morgan fingerprint density at radius 1 is 1.58 bits per heavy atom. The first-order valence-corrected chi connectivity index (χ1v) is 4.96. The Hall–Kier alpha value is -0.250. The highest BCUT2D eigenvalue weighted by Gasteiger charge is 1.97. The third-order valence-electron chi connectivity index (χ3n) is 1.35. The number of hydrogen-bond donors (Lipinski definition) is 0. The molecular weight excluding hydrogens is 194 g/mol. The monoisotopic (exact) mass is 205 g/mol. The molecule has 0 N–H and O–H groups in total. The Morgan fingerprint density at radius 3 is 2.83 bits per heavy atom. The molecule has 0 aromatic carbocycles. The lowest BCUT2D eigenvalue weighted by molar-refractivity contribution is 0.262. The highest BCUT2D eigenvalue weighted by Crippen LogP contribution is 2.25. The highest BCUT2D eigenvalue weighted by molar-refractivity contribution is 7.14. The van der Waals surface area contributed by atoms with Crippen molar-refractivity contribution in [1.82, 2.24) is 4.90 Å². The van der Waals surface area contributed by atoms with Crippen LogP contribution in [0.15, 0.2) is 11.4 Å². The van der Waals surface area contributed by atoms with Gasteiger partial charge in [-0.3, -0.25) is 0 Å². The van der Waals surface area contributed by atoms with Crippen LogP contribution in [0.4, 0.5) is 0 Å². The van der Waals surface area contributed by atoms with Gasteiger partial charge < -0.3 is 9.64 Å². The summed E-state index contributed by atoms with van der Waals surface area (Å²) in [5.41, 5.74) is 0. The van der Waals surface area contributed by atoms with E-state index in [0.29, 0.717) is 6.61 Å². The molecule has 0 saturated carbocycles. The van der Waals surface area contributed by atoms with Crippen molar-refractivity contribution in [2.24, 2.45) is 0 Å². The molecule has 68 valence electrons. The number of ether oxygens (including phenoxy) is 1. The molecule has 2 nitrogen and oxygen atoms in total. The molecule has 1 aromatic rings. The molecule has 1 aromatic heterocycles. The van der Waals surface area contributed by atoms with Gasteiger partial charge in [0.05, 0.1) is 4.34 Å². The minimum atomic E-state index is 0.708. The first-order chi connectivity index (χ1) is 5.68. The third-order valence-corrected chi connectivity index (χ3v) is 2.42. The number of halogens is 1. The molecule has 1 heterocycles. The van der Waals surface area contributed by atoms with E-state index in [1.165, 1.54) is 11.3 Å². The minimum absolute atomic E-state index is 0.708. The molecule has 1 rings (SSSR count). The van der Waals surface area contributed by atoms with Gasteiger partial charge in [-0.2, -0.15) is 0 Å². The summed E-state index contributed by atoms with van der Waals surface area (Å²) in [6.45, 7) is 1.63. The van der Waals surface area contributed by atoms with E-state index in [1.807, 2.05) is 25.5 Å². The van der Waals surface area contributed by atoms with Gasteiger partial charge in [0.15, 0.2) is 0 Å². The zero-order valence-corrected chi connectivity index (χ0v) is 8.78. The number of nitrogens with zero attached hydrogens (tertiary/aromatic N) is 1. The van der Waals surface area contributed by atoms with E-state index in [-0.39, 0.29) is 0 Å². The van der Waals surface area contributed by atoms with Crippen molar-refractivity contribution in [2.75, 3.05) is 27.2 Å². The van der Waals surface area contributed by atoms with Crippen LogP contribution in [0.1, 0.15) is 0 Å². The summed E-state index contributed by atoms with van der Waals surface area (Å²) in [5, 5.41) is 1.91. The Bertz CT molecular complexity index is 237. The van der Waals surface area contributed by atoms with E-state index < -0.39 is 0 Å². The van der Waals surface area contributed by atoms with Gasteiger partial charge in [0, 0.05) is 18.0 Å². The molecule has 4 heteroatoms. The summed E-state index contributed by atoms with van der Waals surface area (Å²) in [4.78, 5) is 2.08. The molecular formula is C8H12ClNOS. The highest BCUT2D eigenvalue weighted by atomic mass is 35.5. The first-order valence-electron chi connectivity index (χ1n) is 3.70. The van der Waals surface area contributed by atoms with Crippen LogP contribution in [-0.2, 0) is 0 Å². The predicted octanol–water partition coefficient (Wildman–Crippen LogP) is 2.34. The maximum absolute atomic E-state index is 5.73. The summed E-state index contributed by atoms with van der Waals surface area (Å²) in [5.74, 6) is 0.867. The molecule has 0 radical (unpaired) electrons. The standard InChI is InChI=1S/C8H12ClNOS/c1-10(2)3-4-11-7-5-8(9)12-6-7/h5-6H,3-4H2,1-2H3. The number of hydrogen-bond acceptors (Lipinski definition) is 3. The Balaban J connectivity index is 2.24. The normalized spacial score (nSPS) is 10.7. The Labute approximate surface area is 81.7 Å². The SMILES string of the molecule is CN(C)CCOc1csc(Cl)c1. The molecule has 12 heavy (non-hydrogen) atoms. The fourth-order valence-electron chi connectivity index (χ4n) is 0.716. The van der Waals surface area contributed by atoms with Gasteiger partial charge in [-0.25, -0.2) is 0 Å². The van der Waals surface area contributed by atoms with Crippen molar-refractivity contribution in [3.8, 4) is 5.75 Å². The first kappa shape index (κ1) is 9.84. The van der Waals surface area contributed by atoms with Gasteiger partial charge in [-0.15, -0.1) is 11.3 Å². The number of likely N-dealkylation sites (N-methyl/N-ethyl adjacent to an activating group) is 1. The van der Waals surface area contributed by atoms with Crippen molar-refractivity contribution in [2.45, 2.75) is 0 Å². The second-order valence-electron chi connectivity index (χ2n) is 2.74. The zero-order valence-electron chi connectivity index (χ0n) is 7.21. The van der Waals surface area contributed by atoms with Gasteiger partial charge in [0.2, 0.25) is 0 Å². The van der Waals surface area contributed by atoms with Crippen LogP contribution in [0, 0.1) is 0 Å². The van der Waals surface area contributed by atoms with E-state index in [1.54, 1.807) is 0 Å². The Kier molecular flexibility index (Phi) is 3.85. The lowest BCUT2D eigenvalue weighted by atomic mass is 10.6. The van der Waals surface area contributed by atoms with Gasteiger partial charge in [0.25, 0.3) is 0 Å². The van der Waals surface area contributed by atoms with E-state index in [9.17, 15) is 0 Å². The minimum Gasteiger partial charge on any atom is -0.491 e. The van der Waals surface area contributed by atoms with Gasteiger partial charge in [-0.1, -0.05) is 11.6 Å². The molecule has 0 amide bonds. The van der Waals surface area contributed by atoms with Crippen molar-refractivity contribution in [1.29, 1.82) is 0 Å². The van der Waals surface area contributed by atoms with Crippen LogP contribution >= 0.6 is 22.9 Å². The molecule has 0 aliphatic rings. The molecule has 0 fully saturated rings. The van der Waals surface area contributed by atoms with E-state index in [0.717, 1.165) is 16.6 Å². The molecule has 0 aliphatic heterocycles. The van der Waals surface area contributed by atoms with Gasteiger partial charge in [0.1, 0.15) is 12.4 Å². The molecule has 0 spiro atoms. The van der Waals surface area contributed by atoms with Crippen LogP contribution in [-0.4, -0.2) is 32.1 Å². The molecule has 0 bridgehead atoms. The Morgan fingerprint density at radius 2 is 2.33 bits per heavy atom. The van der Waals surface area contributed by atoms with Crippen LogP contribution in [0.2, 0.25) is 4.34 Å². The molecule has 0 aliphatic carbocycles. The van der Waals surface area contributed by atoms with Gasteiger partial charge >= 0.3 is 0 Å². The topological polar surface area (TPSA) is 12.5 Å². The van der Waals surface area contributed by atoms with Crippen molar-refractivity contribution in [3.63, 3.8) is 0 Å². The van der Waals surface area contributed by atoms with Crippen LogP contribution in [0.3, 0.4) is 0 Å². The molecule has 0 unspecified atom stereocenters. The number of rotatable bonds is 4. The third kappa shape index (κ3) is 3.43. The largest absolute Gasteiger partial charge is 0.491 e. The van der Waals surface area contributed by atoms with Crippen LogP contribution in [0.25, 0.3) is 0 Å². The summed E-state index contributed by atoms with van der Waals surface area (Å²) in [6, 6.07) is 1.84. The smallest absolute Gasteiger partial charge is 0.131 e. The molecule has 0 atom stereocenters. The average molecular weight is 206 g/mol. The average Bonchev–Trinajstić information content (AvgIpc) is 2.35. The summed E-state index contributed by atoms with van der Waals surface area (Å²) in [7, 11) is 4.04. The van der Waals surface area contributed by atoms with E-state index in [4.69, 9.17) is 16.3 Å². The maximum atomic E-state index is 5.73. The summed E-state index contributed by atoms with van der Waals surface area (Å²) < 4.78 is 6.19. The van der Waals surface area contributed by atoms with E-state index >= 15 is 0 Å². The van der Waals surface area contributed by atoms with Crippen LogP contribution < -0.4 is 4.74 Å². The fourth-order valence-corrected chi connectivity index (χ4v) is 1.51. The van der Waals surface area contributed by atoms with E-state index in [2.05, 4.69) is 4.90 Å². The van der Waals surface area contributed by atoms with Crippen molar-refractivity contribution < 1.29 is 4.74 Å². The molecule has 0 saturated heterocycles. The summed E-state index contributed by atoms with van der Waals surface area (Å²) in [6.07, 6.45) is 0. The lowest BCUT2D eigenvalue weighted by Crippen LogP contribution is -2.19. The van der Waals surface area contributed by atoms with Gasteiger partial charge in [-0.05, 0) is 14.1 Å². The second kappa shape index (κ2) is 4.70. The fraction of sp³-hybridized carbons (Fsp3) is 0.500. The predicted molar refractivity (Wildman–Crippen MR) is 53.4 cm³/mol. The maximum Gasteiger partial charge on any atom is 0.131 e. The summed E-state index contributed by atoms with van der Waals surface area (Å²) >= 11 is 7.22. The van der Waals surface area contributed by atoms with Crippen LogP contribution in [0.5, 0.6) is 5.75 Å². The number of thiophene rings is 1.